The highest BCUT2D eigenvalue weighted by molar-refractivity contribution is 5.88. The van der Waals surface area contributed by atoms with Gasteiger partial charge >= 0.3 is 5.97 Å². The minimum atomic E-state index is -1.06. The number of hydrogen-bond donors (Lipinski definition) is 1. The Balaban J connectivity index is 2.57. The third kappa shape index (κ3) is 1.21. The monoisotopic (exact) mass is 194 g/mol. The molecule has 5 heteroatoms. The van der Waals surface area contributed by atoms with E-state index in [2.05, 4.69) is 4.98 Å². The van der Waals surface area contributed by atoms with Gasteiger partial charge in [-0.1, -0.05) is 0 Å². The smallest absolute Gasteiger partial charge is 0.356 e. The van der Waals surface area contributed by atoms with E-state index in [1.807, 2.05) is 0 Å². The summed E-state index contributed by atoms with van der Waals surface area (Å²) in [5.74, 6) is -0.604. The van der Waals surface area contributed by atoms with E-state index in [0.717, 1.165) is 12.8 Å². The highest BCUT2D eigenvalue weighted by atomic mass is 16.4. The van der Waals surface area contributed by atoms with Crippen molar-refractivity contribution in [2.75, 3.05) is 0 Å². The first-order valence-electron chi connectivity index (χ1n) is 4.40. The van der Waals surface area contributed by atoms with Gasteiger partial charge in [0, 0.05) is 13.0 Å². The van der Waals surface area contributed by atoms with E-state index in [9.17, 15) is 9.59 Å². The Morgan fingerprint density at radius 2 is 2.29 bits per heavy atom. The molecule has 0 radical (unpaired) electrons. The maximum absolute atomic E-state index is 10.8. The summed E-state index contributed by atoms with van der Waals surface area (Å²) in [7, 11) is 1.68. The largest absolute Gasteiger partial charge is 0.476 e. The van der Waals surface area contributed by atoms with Crippen molar-refractivity contribution >= 4 is 12.3 Å². The molecule has 74 valence electrons. The average molecular weight is 194 g/mol. The Morgan fingerprint density at radius 1 is 1.64 bits per heavy atom. The quantitative estimate of drug-likeness (QED) is 0.722. The highest BCUT2D eigenvalue weighted by Gasteiger charge is 2.33. The van der Waals surface area contributed by atoms with Crippen molar-refractivity contribution in [3.05, 3.63) is 17.2 Å². The average Bonchev–Trinajstić information content (AvgIpc) is 2.90. The summed E-state index contributed by atoms with van der Waals surface area (Å²) in [5.41, 5.74) is 0.705. The lowest BCUT2D eigenvalue weighted by atomic mass is 10.2. The third-order valence-electron chi connectivity index (χ3n) is 2.45. The van der Waals surface area contributed by atoms with Crippen molar-refractivity contribution in [3.8, 4) is 0 Å². The van der Waals surface area contributed by atoms with Gasteiger partial charge in [0.15, 0.2) is 17.8 Å². The van der Waals surface area contributed by atoms with Gasteiger partial charge in [0.1, 0.15) is 0 Å². The molecule has 5 nitrogen and oxygen atoms in total. The second kappa shape index (κ2) is 2.94. The predicted molar refractivity (Wildman–Crippen MR) is 47.5 cm³/mol. The van der Waals surface area contributed by atoms with Gasteiger partial charge < -0.3 is 9.67 Å². The van der Waals surface area contributed by atoms with Gasteiger partial charge in [0.05, 0.1) is 5.69 Å². The van der Waals surface area contributed by atoms with Crippen molar-refractivity contribution < 1.29 is 14.7 Å². The molecule has 1 N–H and O–H groups in total. The Morgan fingerprint density at radius 3 is 2.71 bits per heavy atom. The van der Waals surface area contributed by atoms with Crippen molar-refractivity contribution in [1.82, 2.24) is 9.55 Å². The van der Waals surface area contributed by atoms with E-state index in [1.165, 1.54) is 0 Å². The SMILES string of the molecule is Cn1c(C=O)nc(C(=O)O)c1C1CC1. The molecule has 1 fully saturated rings. The molecular formula is C9H10N2O3. The molecule has 1 aliphatic rings. The van der Waals surface area contributed by atoms with Crippen molar-refractivity contribution in [2.45, 2.75) is 18.8 Å². The molecule has 1 heterocycles. The Bertz CT molecular complexity index is 404. The number of carboxylic acids is 1. The molecular weight excluding hydrogens is 184 g/mol. The van der Waals surface area contributed by atoms with E-state index in [-0.39, 0.29) is 17.4 Å². The summed E-state index contributed by atoms with van der Waals surface area (Å²) < 4.78 is 1.58. The van der Waals surface area contributed by atoms with Gasteiger partial charge in [-0.2, -0.15) is 0 Å². The number of aldehydes is 1. The Hall–Kier alpha value is -1.65. The van der Waals surface area contributed by atoms with Gasteiger partial charge in [0.2, 0.25) is 0 Å². The number of carbonyl (C=O) groups is 2. The van der Waals surface area contributed by atoms with E-state index >= 15 is 0 Å². The maximum atomic E-state index is 10.8. The number of rotatable bonds is 3. The highest BCUT2D eigenvalue weighted by Crippen LogP contribution is 2.41. The number of carboxylic acid groups (broad SMARTS) is 1. The van der Waals surface area contributed by atoms with Crippen LogP contribution in [0.2, 0.25) is 0 Å². The summed E-state index contributed by atoms with van der Waals surface area (Å²) >= 11 is 0. The molecule has 0 spiro atoms. The Labute approximate surface area is 80.4 Å². The Kier molecular flexibility index (Phi) is 1.87. The predicted octanol–water partition coefficient (Wildman–Crippen LogP) is 0.808. The lowest BCUT2D eigenvalue weighted by molar-refractivity contribution is 0.0689. The molecule has 0 saturated heterocycles. The molecule has 1 aromatic rings. The van der Waals surface area contributed by atoms with Gasteiger partial charge in [-0.15, -0.1) is 0 Å². The molecule has 1 saturated carbocycles. The molecule has 0 aliphatic heterocycles. The van der Waals surface area contributed by atoms with E-state index in [4.69, 9.17) is 5.11 Å². The number of nitrogens with zero attached hydrogens (tertiary/aromatic N) is 2. The second-order valence-corrected chi connectivity index (χ2v) is 3.46. The van der Waals surface area contributed by atoms with Crippen LogP contribution in [-0.2, 0) is 7.05 Å². The molecule has 0 atom stereocenters. The molecule has 0 amide bonds. The third-order valence-corrected chi connectivity index (χ3v) is 2.45. The number of hydrogen-bond acceptors (Lipinski definition) is 3. The summed E-state index contributed by atoms with van der Waals surface area (Å²) in [4.78, 5) is 25.2. The van der Waals surface area contributed by atoms with Crippen LogP contribution >= 0.6 is 0 Å². The van der Waals surface area contributed by atoms with E-state index in [0.29, 0.717) is 12.0 Å². The van der Waals surface area contributed by atoms with Crippen LogP contribution in [0.5, 0.6) is 0 Å². The molecule has 1 aliphatic carbocycles. The van der Waals surface area contributed by atoms with E-state index in [1.54, 1.807) is 11.6 Å². The second-order valence-electron chi connectivity index (χ2n) is 3.46. The minimum absolute atomic E-state index is 0.0251. The first kappa shape index (κ1) is 8.93. The molecule has 14 heavy (non-hydrogen) atoms. The summed E-state index contributed by atoms with van der Waals surface area (Å²) in [6, 6.07) is 0. The molecule has 1 aromatic heterocycles. The fourth-order valence-corrected chi connectivity index (χ4v) is 1.62. The van der Waals surface area contributed by atoms with Gasteiger partial charge in [0.25, 0.3) is 0 Å². The number of imidazole rings is 1. The van der Waals surface area contributed by atoms with Gasteiger partial charge in [-0.25, -0.2) is 9.78 Å². The zero-order chi connectivity index (χ0) is 10.3. The van der Waals surface area contributed by atoms with Crippen LogP contribution in [-0.4, -0.2) is 26.9 Å². The summed E-state index contributed by atoms with van der Waals surface area (Å²) in [6.07, 6.45) is 2.55. The van der Waals surface area contributed by atoms with Gasteiger partial charge in [-0.05, 0) is 12.8 Å². The molecule has 0 bridgehead atoms. The van der Waals surface area contributed by atoms with Crippen LogP contribution in [0, 0.1) is 0 Å². The van der Waals surface area contributed by atoms with Gasteiger partial charge in [-0.3, -0.25) is 4.79 Å². The van der Waals surface area contributed by atoms with Crippen LogP contribution in [0.25, 0.3) is 0 Å². The first-order chi connectivity index (χ1) is 6.65. The lowest BCUT2D eigenvalue weighted by Gasteiger charge is -2.00. The minimum Gasteiger partial charge on any atom is -0.476 e. The first-order valence-corrected chi connectivity index (χ1v) is 4.40. The lowest BCUT2D eigenvalue weighted by Crippen LogP contribution is -2.04. The van der Waals surface area contributed by atoms with E-state index < -0.39 is 5.97 Å². The number of aromatic nitrogens is 2. The van der Waals surface area contributed by atoms with Crippen molar-refractivity contribution in [2.24, 2.45) is 7.05 Å². The summed E-state index contributed by atoms with van der Waals surface area (Å²) in [6.45, 7) is 0. The standard InChI is InChI=1S/C9H10N2O3/c1-11-6(4-12)10-7(9(13)14)8(11)5-2-3-5/h4-5H,2-3H2,1H3,(H,13,14). The summed E-state index contributed by atoms with van der Waals surface area (Å²) in [5, 5.41) is 8.88. The number of carbonyl (C=O) groups excluding carboxylic acids is 1. The fraction of sp³-hybridized carbons (Fsp3) is 0.444. The molecule has 2 rings (SSSR count). The van der Waals surface area contributed by atoms with Crippen LogP contribution in [0.4, 0.5) is 0 Å². The topological polar surface area (TPSA) is 72.2 Å². The zero-order valence-corrected chi connectivity index (χ0v) is 7.73. The normalized spacial score (nSPS) is 15.5. The van der Waals surface area contributed by atoms with Crippen molar-refractivity contribution in [3.63, 3.8) is 0 Å². The zero-order valence-electron chi connectivity index (χ0n) is 7.73. The van der Waals surface area contributed by atoms with Crippen molar-refractivity contribution in [1.29, 1.82) is 0 Å². The van der Waals surface area contributed by atoms with Crippen LogP contribution < -0.4 is 0 Å². The van der Waals surface area contributed by atoms with Crippen LogP contribution in [0.15, 0.2) is 0 Å². The molecule has 0 unspecified atom stereocenters. The van der Waals surface area contributed by atoms with Crippen LogP contribution in [0.1, 0.15) is 45.6 Å². The number of aromatic carboxylic acids is 1. The maximum Gasteiger partial charge on any atom is 0.356 e. The fourth-order valence-electron chi connectivity index (χ4n) is 1.62. The van der Waals surface area contributed by atoms with Crippen LogP contribution in [0.3, 0.4) is 0 Å². The molecule has 0 aromatic carbocycles.